The van der Waals surface area contributed by atoms with Gasteiger partial charge in [0.1, 0.15) is 0 Å². The number of hydrogen-bond acceptors (Lipinski definition) is 5. The number of nitrogens with zero attached hydrogens (tertiary/aromatic N) is 2. The molecule has 7 heteroatoms. The molecular weight excluding hydrogens is 388 g/mol. The highest BCUT2D eigenvalue weighted by molar-refractivity contribution is 7.99. The van der Waals surface area contributed by atoms with Gasteiger partial charge in [0.25, 0.3) is 0 Å². The zero-order valence-corrected chi connectivity index (χ0v) is 16.4. The number of hydrogen-bond donors (Lipinski definition) is 2. The van der Waals surface area contributed by atoms with Crippen LogP contribution in [0.5, 0.6) is 0 Å². The number of H-pyrrole nitrogens is 1. The largest absolute Gasteiger partial charge is 0.360 e. The summed E-state index contributed by atoms with van der Waals surface area (Å²) in [6.45, 7) is 0. The number of para-hydroxylation sites is 1. The van der Waals surface area contributed by atoms with Gasteiger partial charge in [0.15, 0.2) is 5.13 Å². The first-order valence-corrected chi connectivity index (χ1v) is 10.6. The fraction of sp³-hybridized carbons (Fsp3) is 0.0952. The number of aromatic nitrogens is 2. The van der Waals surface area contributed by atoms with Crippen molar-refractivity contribution >= 4 is 45.0 Å². The van der Waals surface area contributed by atoms with Crippen molar-refractivity contribution in [2.75, 3.05) is 11.1 Å². The number of anilines is 1. The Hall–Kier alpha value is -3.08. The van der Waals surface area contributed by atoms with Crippen LogP contribution in [0.25, 0.3) is 22.2 Å². The van der Waals surface area contributed by atoms with Crippen LogP contribution >= 0.6 is 23.1 Å². The predicted molar refractivity (Wildman–Crippen MR) is 115 cm³/mol. The van der Waals surface area contributed by atoms with E-state index in [1.54, 1.807) is 12.1 Å². The van der Waals surface area contributed by atoms with E-state index in [1.807, 2.05) is 41.9 Å². The summed E-state index contributed by atoms with van der Waals surface area (Å²) >= 11 is 2.95. The molecule has 0 bridgehead atoms. The van der Waals surface area contributed by atoms with E-state index in [2.05, 4.69) is 27.4 Å². The van der Waals surface area contributed by atoms with Gasteiger partial charge in [0.2, 0.25) is 5.91 Å². The molecule has 2 aromatic carbocycles. The highest BCUT2D eigenvalue weighted by atomic mass is 32.2. The van der Waals surface area contributed by atoms with E-state index >= 15 is 0 Å². The van der Waals surface area contributed by atoms with Crippen molar-refractivity contribution in [3.05, 3.63) is 71.2 Å². The van der Waals surface area contributed by atoms with Crippen LogP contribution in [0, 0.1) is 11.3 Å². The lowest BCUT2D eigenvalue weighted by molar-refractivity contribution is -0.113. The summed E-state index contributed by atoms with van der Waals surface area (Å²) in [4.78, 5) is 20.0. The molecule has 2 aromatic heterocycles. The fourth-order valence-electron chi connectivity index (χ4n) is 2.83. The third kappa shape index (κ3) is 4.09. The number of carbonyl (C=O) groups excluding carboxylic acids is 1. The Labute approximate surface area is 170 Å². The molecule has 28 heavy (non-hydrogen) atoms. The summed E-state index contributed by atoms with van der Waals surface area (Å²) in [5.74, 6) is 0.998. The zero-order valence-electron chi connectivity index (χ0n) is 14.8. The van der Waals surface area contributed by atoms with Gasteiger partial charge in [0.05, 0.1) is 23.1 Å². The second kappa shape index (κ2) is 8.30. The van der Waals surface area contributed by atoms with Crippen molar-refractivity contribution in [1.82, 2.24) is 9.97 Å². The van der Waals surface area contributed by atoms with Crippen molar-refractivity contribution < 1.29 is 4.79 Å². The van der Waals surface area contributed by atoms with Crippen molar-refractivity contribution in [1.29, 1.82) is 5.26 Å². The molecule has 0 aliphatic heterocycles. The summed E-state index contributed by atoms with van der Waals surface area (Å²) in [6.07, 6.45) is 1.94. The van der Waals surface area contributed by atoms with Crippen molar-refractivity contribution in [2.45, 2.75) is 5.75 Å². The van der Waals surface area contributed by atoms with E-state index < -0.39 is 0 Å². The number of thioether (sulfide) groups is 1. The Morgan fingerprint density at radius 2 is 2.04 bits per heavy atom. The summed E-state index contributed by atoms with van der Waals surface area (Å²) in [5, 5.41) is 15.4. The maximum Gasteiger partial charge on any atom is 0.236 e. The lowest BCUT2D eigenvalue weighted by Crippen LogP contribution is -2.13. The van der Waals surface area contributed by atoms with E-state index in [4.69, 9.17) is 5.26 Å². The fourth-order valence-corrected chi connectivity index (χ4v) is 4.35. The third-order valence-electron chi connectivity index (χ3n) is 4.20. The molecule has 2 heterocycles. The average Bonchev–Trinajstić information content (AvgIpc) is 3.35. The van der Waals surface area contributed by atoms with E-state index in [0.29, 0.717) is 16.4 Å². The van der Waals surface area contributed by atoms with E-state index in [1.165, 1.54) is 23.1 Å². The van der Waals surface area contributed by atoms with Gasteiger partial charge < -0.3 is 10.3 Å². The van der Waals surface area contributed by atoms with Gasteiger partial charge in [-0.15, -0.1) is 23.1 Å². The van der Waals surface area contributed by atoms with Crippen LogP contribution in [0.4, 0.5) is 5.13 Å². The number of benzene rings is 2. The van der Waals surface area contributed by atoms with Gasteiger partial charge in [-0.2, -0.15) is 5.26 Å². The molecule has 0 unspecified atom stereocenters. The predicted octanol–water partition coefficient (Wildman–Crippen LogP) is 5.03. The molecule has 0 aliphatic rings. The maximum atomic E-state index is 12.2. The number of carbonyl (C=O) groups is 1. The van der Waals surface area contributed by atoms with E-state index in [9.17, 15) is 4.79 Å². The molecule has 0 saturated carbocycles. The molecule has 0 aliphatic carbocycles. The maximum absolute atomic E-state index is 12.2. The molecule has 4 rings (SSSR count). The molecule has 0 fully saturated rings. The smallest absolute Gasteiger partial charge is 0.236 e. The Kier molecular flexibility index (Phi) is 5.42. The third-order valence-corrected chi connectivity index (χ3v) is 5.96. The van der Waals surface area contributed by atoms with Crippen LogP contribution in [0.1, 0.15) is 11.1 Å². The number of aromatic amines is 1. The van der Waals surface area contributed by atoms with Crippen LogP contribution in [0.15, 0.2) is 60.1 Å². The number of amides is 1. The quantitative estimate of drug-likeness (QED) is 0.472. The van der Waals surface area contributed by atoms with Gasteiger partial charge in [-0.1, -0.05) is 30.3 Å². The Morgan fingerprint density at radius 1 is 1.21 bits per heavy atom. The summed E-state index contributed by atoms with van der Waals surface area (Å²) in [7, 11) is 0. The lowest BCUT2D eigenvalue weighted by Gasteiger charge is -2.03. The summed E-state index contributed by atoms with van der Waals surface area (Å²) in [6, 6.07) is 17.6. The molecular formula is C21H16N4OS2. The number of nitrogens with one attached hydrogen (secondary N) is 2. The van der Waals surface area contributed by atoms with Crippen molar-refractivity contribution in [2.24, 2.45) is 0 Å². The van der Waals surface area contributed by atoms with Crippen LogP contribution < -0.4 is 5.32 Å². The normalized spacial score (nSPS) is 10.7. The first-order chi connectivity index (χ1) is 13.7. The van der Waals surface area contributed by atoms with Gasteiger partial charge in [-0.3, -0.25) is 4.79 Å². The molecule has 0 radical (unpaired) electrons. The van der Waals surface area contributed by atoms with Crippen LogP contribution in [-0.2, 0) is 10.5 Å². The summed E-state index contributed by atoms with van der Waals surface area (Å²) in [5.41, 5.74) is 4.68. The molecule has 0 atom stereocenters. The average molecular weight is 405 g/mol. The first kappa shape index (κ1) is 18.3. The SMILES string of the molecule is N#Cc1ccc(CSCC(=O)Nc2nc(-c3c[nH]c4ccccc34)cs2)cc1. The number of rotatable bonds is 6. The molecule has 4 aromatic rings. The van der Waals surface area contributed by atoms with Gasteiger partial charge in [-0.25, -0.2) is 4.98 Å². The second-order valence-corrected chi connectivity index (χ2v) is 7.98. The molecule has 138 valence electrons. The monoisotopic (exact) mass is 404 g/mol. The van der Waals surface area contributed by atoms with Crippen molar-refractivity contribution in [3.8, 4) is 17.3 Å². The van der Waals surface area contributed by atoms with E-state index in [-0.39, 0.29) is 5.91 Å². The van der Waals surface area contributed by atoms with Gasteiger partial charge >= 0.3 is 0 Å². The standard InChI is InChI=1S/C21H16N4OS2/c22-9-14-5-7-15(8-6-14)11-27-13-20(26)25-21-24-19(12-28-21)17-10-23-18-4-2-1-3-16(17)18/h1-8,10,12,23H,11,13H2,(H,24,25,26). The number of fused-ring (bicyclic) bond motifs is 1. The zero-order chi connectivity index (χ0) is 19.3. The Morgan fingerprint density at radius 3 is 2.86 bits per heavy atom. The first-order valence-electron chi connectivity index (χ1n) is 8.61. The molecule has 1 amide bonds. The van der Waals surface area contributed by atoms with Crippen LogP contribution in [-0.4, -0.2) is 21.6 Å². The number of nitriles is 1. The minimum atomic E-state index is -0.0709. The molecule has 0 spiro atoms. The topological polar surface area (TPSA) is 81.6 Å². The van der Waals surface area contributed by atoms with Gasteiger partial charge in [-0.05, 0) is 23.8 Å². The minimum Gasteiger partial charge on any atom is -0.360 e. The van der Waals surface area contributed by atoms with Crippen LogP contribution in [0.2, 0.25) is 0 Å². The molecule has 5 nitrogen and oxygen atoms in total. The van der Waals surface area contributed by atoms with Crippen molar-refractivity contribution in [3.63, 3.8) is 0 Å². The molecule has 0 saturated heterocycles. The lowest BCUT2D eigenvalue weighted by atomic mass is 10.1. The number of thiazole rings is 1. The second-order valence-electron chi connectivity index (χ2n) is 6.14. The Bertz CT molecular complexity index is 1160. The highest BCUT2D eigenvalue weighted by Crippen LogP contribution is 2.31. The summed E-state index contributed by atoms with van der Waals surface area (Å²) < 4.78 is 0. The molecule has 2 N–H and O–H groups in total. The highest BCUT2D eigenvalue weighted by Gasteiger charge is 2.11. The Balaban J connectivity index is 1.33. The van der Waals surface area contributed by atoms with Gasteiger partial charge in [0, 0.05) is 33.8 Å². The van der Waals surface area contributed by atoms with Crippen LogP contribution in [0.3, 0.4) is 0 Å². The minimum absolute atomic E-state index is 0.0709. The van der Waals surface area contributed by atoms with E-state index in [0.717, 1.165) is 33.5 Å².